The molecule has 0 saturated heterocycles. The van der Waals surface area contributed by atoms with Gasteiger partial charge in [-0.3, -0.25) is 9.89 Å². The normalized spacial score (nSPS) is 9.67. The first-order valence-corrected chi connectivity index (χ1v) is 4.31. The maximum absolute atomic E-state index is 11.4. The Balaban J connectivity index is 0.00000112. The predicted molar refractivity (Wildman–Crippen MR) is 62.8 cm³/mol. The molecule has 5 heteroatoms. The van der Waals surface area contributed by atoms with Crippen LogP contribution in [0.15, 0.2) is 35.1 Å². The molecule has 0 amide bonds. The van der Waals surface area contributed by atoms with Crippen molar-refractivity contribution in [3.05, 3.63) is 46.4 Å². The molecule has 1 heterocycles. The lowest BCUT2D eigenvalue weighted by molar-refractivity contribution is 0.835. The summed E-state index contributed by atoms with van der Waals surface area (Å²) < 4.78 is 1.48. The van der Waals surface area contributed by atoms with Crippen LogP contribution in [0.5, 0.6) is 0 Å². The van der Waals surface area contributed by atoms with Gasteiger partial charge in [-0.1, -0.05) is 0 Å². The number of nitrogens with two attached hydrogens (primary N) is 1. The number of hydrogen-bond acceptors (Lipinski definition) is 2. The van der Waals surface area contributed by atoms with Gasteiger partial charge in [0.1, 0.15) is 0 Å². The van der Waals surface area contributed by atoms with Crippen LogP contribution >= 0.6 is 12.4 Å². The number of anilines is 1. The van der Waals surface area contributed by atoms with E-state index in [1.807, 2.05) is 6.92 Å². The fourth-order valence-electron chi connectivity index (χ4n) is 1.33. The lowest BCUT2D eigenvalue weighted by Crippen LogP contribution is -2.13. The third-order valence-electron chi connectivity index (χ3n) is 2.00. The standard InChI is InChI=1S/C10H11N3O.ClH/c1-7-6-10(14)13(12-7)9-4-2-8(11)3-5-9;/h2-6,12H,11H2,1H3;1H. The molecule has 15 heavy (non-hydrogen) atoms. The molecule has 1 aromatic heterocycles. The summed E-state index contributed by atoms with van der Waals surface area (Å²) >= 11 is 0. The third kappa shape index (κ3) is 2.22. The van der Waals surface area contributed by atoms with Crippen molar-refractivity contribution >= 4 is 18.1 Å². The van der Waals surface area contributed by atoms with E-state index in [-0.39, 0.29) is 18.0 Å². The minimum atomic E-state index is -0.0627. The van der Waals surface area contributed by atoms with Crippen LogP contribution in [0.3, 0.4) is 0 Å². The first kappa shape index (κ1) is 11.4. The summed E-state index contributed by atoms with van der Waals surface area (Å²) in [6.07, 6.45) is 0. The Bertz CT molecular complexity index is 498. The van der Waals surface area contributed by atoms with Crippen LogP contribution in [0.1, 0.15) is 5.69 Å². The average Bonchev–Trinajstić information content (AvgIpc) is 2.47. The van der Waals surface area contributed by atoms with Gasteiger partial charge in [0.2, 0.25) is 0 Å². The molecule has 0 unspecified atom stereocenters. The van der Waals surface area contributed by atoms with Crippen molar-refractivity contribution < 1.29 is 0 Å². The average molecular weight is 226 g/mol. The minimum Gasteiger partial charge on any atom is -0.399 e. The molecule has 0 radical (unpaired) electrons. The third-order valence-corrected chi connectivity index (χ3v) is 2.00. The van der Waals surface area contributed by atoms with Crippen molar-refractivity contribution in [2.24, 2.45) is 0 Å². The number of nitrogen functional groups attached to an aromatic ring is 1. The lowest BCUT2D eigenvalue weighted by Gasteiger charge is -2.01. The van der Waals surface area contributed by atoms with Gasteiger partial charge in [-0.25, -0.2) is 4.68 Å². The van der Waals surface area contributed by atoms with Crippen molar-refractivity contribution in [3.63, 3.8) is 0 Å². The molecule has 4 nitrogen and oxygen atoms in total. The summed E-state index contributed by atoms with van der Waals surface area (Å²) in [4.78, 5) is 11.4. The highest BCUT2D eigenvalue weighted by Crippen LogP contribution is 2.07. The van der Waals surface area contributed by atoms with E-state index in [0.717, 1.165) is 11.4 Å². The van der Waals surface area contributed by atoms with Crippen LogP contribution < -0.4 is 11.3 Å². The van der Waals surface area contributed by atoms with E-state index < -0.39 is 0 Å². The van der Waals surface area contributed by atoms with E-state index in [2.05, 4.69) is 5.10 Å². The molecule has 0 atom stereocenters. The molecule has 0 fully saturated rings. The number of aromatic nitrogens is 2. The second kappa shape index (κ2) is 4.23. The second-order valence-corrected chi connectivity index (χ2v) is 3.20. The van der Waals surface area contributed by atoms with Gasteiger partial charge in [-0.2, -0.15) is 0 Å². The molecule has 2 rings (SSSR count). The number of aromatic amines is 1. The predicted octanol–water partition coefficient (Wildman–Crippen LogP) is 1.48. The Morgan fingerprint density at radius 3 is 2.33 bits per heavy atom. The van der Waals surface area contributed by atoms with Gasteiger partial charge in [0, 0.05) is 17.4 Å². The highest BCUT2D eigenvalue weighted by atomic mass is 35.5. The van der Waals surface area contributed by atoms with Crippen molar-refractivity contribution in [2.45, 2.75) is 6.92 Å². The topological polar surface area (TPSA) is 63.8 Å². The molecular weight excluding hydrogens is 214 g/mol. The molecule has 0 bridgehead atoms. The summed E-state index contributed by atoms with van der Waals surface area (Å²) in [6.45, 7) is 1.84. The van der Waals surface area contributed by atoms with Gasteiger partial charge in [0.25, 0.3) is 5.56 Å². The Morgan fingerprint density at radius 1 is 1.27 bits per heavy atom. The fourth-order valence-corrected chi connectivity index (χ4v) is 1.33. The quantitative estimate of drug-likeness (QED) is 0.722. The van der Waals surface area contributed by atoms with E-state index in [4.69, 9.17) is 5.73 Å². The molecular formula is C10H12ClN3O. The van der Waals surface area contributed by atoms with E-state index in [1.54, 1.807) is 30.3 Å². The largest absolute Gasteiger partial charge is 0.399 e. The van der Waals surface area contributed by atoms with Crippen LogP contribution in [0.25, 0.3) is 5.69 Å². The number of nitrogens with one attached hydrogen (secondary N) is 1. The number of hydrogen-bond donors (Lipinski definition) is 2. The smallest absolute Gasteiger partial charge is 0.271 e. The van der Waals surface area contributed by atoms with Crippen LogP contribution in [-0.2, 0) is 0 Å². The lowest BCUT2D eigenvalue weighted by atomic mass is 10.3. The number of nitrogens with zero attached hydrogens (tertiary/aromatic N) is 1. The van der Waals surface area contributed by atoms with E-state index in [9.17, 15) is 4.79 Å². The van der Waals surface area contributed by atoms with Crippen LogP contribution in [0, 0.1) is 6.92 Å². The van der Waals surface area contributed by atoms with Gasteiger partial charge in [-0.05, 0) is 31.2 Å². The maximum Gasteiger partial charge on any atom is 0.271 e. The maximum atomic E-state index is 11.4. The molecule has 2 aromatic rings. The molecule has 0 aliphatic heterocycles. The van der Waals surface area contributed by atoms with Crippen molar-refractivity contribution in [1.29, 1.82) is 0 Å². The van der Waals surface area contributed by atoms with E-state index in [1.165, 1.54) is 4.68 Å². The highest BCUT2D eigenvalue weighted by Gasteiger charge is 2.01. The number of H-pyrrole nitrogens is 1. The van der Waals surface area contributed by atoms with Crippen LogP contribution in [0.2, 0.25) is 0 Å². The number of rotatable bonds is 1. The van der Waals surface area contributed by atoms with Crippen molar-refractivity contribution in [2.75, 3.05) is 5.73 Å². The van der Waals surface area contributed by atoms with Gasteiger partial charge in [-0.15, -0.1) is 12.4 Å². The SMILES string of the molecule is Cc1cc(=O)n(-c2ccc(N)cc2)[nH]1.Cl. The number of benzene rings is 1. The fraction of sp³-hybridized carbons (Fsp3) is 0.100. The number of halogens is 1. The molecule has 0 aliphatic rings. The zero-order chi connectivity index (χ0) is 10.1. The molecule has 0 aliphatic carbocycles. The van der Waals surface area contributed by atoms with Crippen molar-refractivity contribution in [3.8, 4) is 5.69 Å². The summed E-state index contributed by atoms with van der Waals surface area (Å²) in [7, 11) is 0. The molecule has 0 spiro atoms. The number of aryl methyl sites for hydroxylation is 1. The Kier molecular flexibility index (Phi) is 3.21. The summed E-state index contributed by atoms with van der Waals surface area (Å²) in [6, 6.07) is 8.67. The Morgan fingerprint density at radius 2 is 1.87 bits per heavy atom. The highest BCUT2D eigenvalue weighted by molar-refractivity contribution is 5.85. The molecule has 0 saturated carbocycles. The van der Waals surface area contributed by atoms with Gasteiger partial charge >= 0.3 is 0 Å². The summed E-state index contributed by atoms with van der Waals surface area (Å²) in [5.74, 6) is 0. The summed E-state index contributed by atoms with van der Waals surface area (Å²) in [5.41, 5.74) is 7.80. The Hall–Kier alpha value is -1.68. The van der Waals surface area contributed by atoms with Crippen molar-refractivity contribution in [1.82, 2.24) is 9.78 Å². The van der Waals surface area contributed by atoms with Crippen LogP contribution in [0.4, 0.5) is 5.69 Å². The zero-order valence-corrected chi connectivity index (χ0v) is 9.04. The molecule has 1 aromatic carbocycles. The first-order chi connectivity index (χ1) is 6.66. The zero-order valence-electron chi connectivity index (χ0n) is 8.23. The minimum absolute atomic E-state index is 0. The first-order valence-electron chi connectivity index (χ1n) is 4.31. The molecule has 80 valence electrons. The monoisotopic (exact) mass is 225 g/mol. The van der Waals surface area contributed by atoms with E-state index >= 15 is 0 Å². The second-order valence-electron chi connectivity index (χ2n) is 3.20. The van der Waals surface area contributed by atoms with E-state index in [0.29, 0.717) is 5.69 Å². The van der Waals surface area contributed by atoms with Gasteiger partial charge in [0.05, 0.1) is 5.69 Å². The Labute approximate surface area is 93.1 Å². The van der Waals surface area contributed by atoms with Crippen LogP contribution in [-0.4, -0.2) is 9.78 Å². The van der Waals surface area contributed by atoms with Gasteiger partial charge < -0.3 is 5.73 Å². The summed E-state index contributed by atoms with van der Waals surface area (Å²) in [5, 5.41) is 2.94. The van der Waals surface area contributed by atoms with Gasteiger partial charge in [0.15, 0.2) is 0 Å². The molecule has 3 N–H and O–H groups in total.